The Bertz CT molecular complexity index is 884. The molecular weight excluding hydrogens is 383 g/mol. The lowest BCUT2D eigenvalue weighted by atomic mass is 10.2. The summed E-state index contributed by atoms with van der Waals surface area (Å²) in [6.07, 6.45) is 2.75. The van der Waals surface area contributed by atoms with Gasteiger partial charge in [-0.15, -0.1) is 0 Å². The number of nitrogens with one attached hydrogen (secondary N) is 1. The van der Waals surface area contributed by atoms with Crippen molar-refractivity contribution in [2.75, 3.05) is 19.5 Å². The third kappa shape index (κ3) is 4.65. The van der Waals surface area contributed by atoms with Gasteiger partial charge < -0.3 is 14.8 Å². The number of carbonyl (C=O) groups is 1. The van der Waals surface area contributed by atoms with Gasteiger partial charge in [0.05, 0.1) is 35.9 Å². The smallest absolute Gasteiger partial charge is 0.273 e. The summed E-state index contributed by atoms with van der Waals surface area (Å²) in [5.41, 5.74) is 0.674. The summed E-state index contributed by atoms with van der Waals surface area (Å²) in [5.74, 6) is 0.0765. The molecule has 1 N–H and O–H groups in total. The number of ether oxygens (including phenoxy) is 2. The maximum absolute atomic E-state index is 12.1. The van der Waals surface area contributed by atoms with Crippen LogP contribution in [0.15, 0.2) is 36.4 Å². The molecule has 9 heteroatoms. The average molecular weight is 397 g/mol. The molecule has 0 spiro atoms. The van der Waals surface area contributed by atoms with Gasteiger partial charge in [-0.05, 0) is 24.3 Å². The summed E-state index contributed by atoms with van der Waals surface area (Å²) in [7, 11) is 2.80. The van der Waals surface area contributed by atoms with Crippen molar-refractivity contribution in [3.8, 4) is 11.5 Å². The zero-order valence-electron chi connectivity index (χ0n) is 13.8. The number of methoxy groups -OCH3 is 2. The standard InChI is InChI=1S/C17H14Cl2N2O5/c1-25-15-9-12(21(23)24)4-5-14(15)20-16(22)6-3-10-7-11(18)8-13(19)17(10)26-2/h3-9H,1-2H3,(H,20,22)/b6-3+. The van der Waals surface area contributed by atoms with Crippen LogP contribution in [-0.2, 0) is 4.79 Å². The van der Waals surface area contributed by atoms with Crippen molar-refractivity contribution in [3.63, 3.8) is 0 Å². The van der Waals surface area contributed by atoms with E-state index in [2.05, 4.69) is 5.32 Å². The predicted molar refractivity (Wildman–Crippen MR) is 100 cm³/mol. The van der Waals surface area contributed by atoms with Gasteiger partial charge in [0.2, 0.25) is 5.91 Å². The molecule has 0 saturated carbocycles. The topological polar surface area (TPSA) is 90.7 Å². The lowest BCUT2D eigenvalue weighted by molar-refractivity contribution is -0.384. The van der Waals surface area contributed by atoms with Crippen molar-refractivity contribution in [1.82, 2.24) is 0 Å². The maximum atomic E-state index is 12.1. The van der Waals surface area contributed by atoms with Crippen LogP contribution in [0.2, 0.25) is 10.0 Å². The van der Waals surface area contributed by atoms with Crippen LogP contribution in [0.25, 0.3) is 6.08 Å². The summed E-state index contributed by atoms with van der Waals surface area (Å²) >= 11 is 12.0. The quantitative estimate of drug-likeness (QED) is 0.438. The Morgan fingerprint density at radius 3 is 2.54 bits per heavy atom. The highest BCUT2D eigenvalue weighted by Crippen LogP contribution is 2.33. The van der Waals surface area contributed by atoms with E-state index in [1.165, 1.54) is 50.6 Å². The first kappa shape index (κ1) is 19.6. The molecule has 0 atom stereocenters. The molecule has 1 amide bonds. The normalized spacial score (nSPS) is 10.6. The molecule has 0 heterocycles. The minimum Gasteiger partial charge on any atom is -0.495 e. The van der Waals surface area contributed by atoms with Crippen LogP contribution in [0.3, 0.4) is 0 Å². The first-order chi connectivity index (χ1) is 12.3. The minimum atomic E-state index is -0.552. The summed E-state index contributed by atoms with van der Waals surface area (Å²) in [6.45, 7) is 0. The summed E-state index contributed by atoms with van der Waals surface area (Å²) in [4.78, 5) is 22.4. The molecule has 0 unspecified atom stereocenters. The van der Waals surface area contributed by atoms with Gasteiger partial charge in [-0.1, -0.05) is 23.2 Å². The number of carbonyl (C=O) groups excluding carboxylic acids is 1. The van der Waals surface area contributed by atoms with Crippen LogP contribution in [0, 0.1) is 10.1 Å². The highest BCUT2D eigenvalue weighted by atomic mass is 35.5. The van der Waals surface area contributed by atoms with E-state index in [0.29, 0.717) is 27.0 Å². The Kier molecular flexibility index (Phi) is 6.43. The van der Waals surface area contributed by atoms with Gasteiger partial charge in [-0.3, -0.25) is 14.9 Å². The monoisotopic (exact) mass is 396 g/mol. The van der Waals surface area contributed by atoms with Gasteiger partial charge in [-0.2, -0.15) is 0 Å². The Balaban J connectivity index is 2.22. The van der Waals surface area contributed by atoms with E-state index >= 15 is 0 Å². The fraction of sp³-hybridized carbons (Fsp3) is 0.118. The summed E-state index contributed by atoms with van der Waals surface area (Å²) in [6, 6.07) is 7.00. The highest BCUT2D eigenvalue weighted by molar-refractivity contribution is 6.36. The molecule has 0 saturated heterocycles. The molecule has 2 aromatic carbocycles. The van der Waals surface area contributed by atoms with Crippen molar-refractivity contribution < 1.29 is 19.2 Å². The number of hydrogen-bond acceptors (Lipinski definition) is 5. The second-order valence-corrected chi connectivity index (χ2v) is 5.82. The summed E-state index contributed by atoms with van der Waals surface area (Å²) < 4.78 is 10.3. The zero-order chi connectivity index (χ0) is 19.3. The number of halogens is 2. The molecule has 0 fully saturated rings. The Labute approximate surface area is 159 Å². The molecule has 0 aliphatic heterocycles. The lowest BCUT2D eigenvalue weighted by Crippen LogP contribution is -2.09. The van der Waals surface area contributed by atoms with Crippen LogP contribution < -0.4 is 14.8 Å². The minimum absolute atomic E-state index is 0.145. The molecule has 0 bridgehead atoms. The molecule has 7 nitrogen and oxygen atoms in total. The van der Waals surface area contributed by atoms with E-state index < -0.39 is 10.8 Å². The zero-order valence-corrected chi connectivity index (χ0v) is 15.3. The Morgan fingerprint density at radius 1 is 1.19 bits per heavy atom. The number of nitro groups is 1. The SMILES string of the molecule is COc1cc([N+](=O)[O-])ccc1NC(=O)/C=C/c1cc(Cl)cc(Cl)c1OC. The van der Waals surface area contributed by atoms with Crippen molar-refractivity contribution >= 4 is 46.6 Å². The van der Waals surface area contributed by atoms with Gasteiger partial charge in [0.1, 0.15) is 11.5 Å². The fourth-order valence-corrected chi connectivity index (χ4v) is 2.74. The van der Waals surface area contributed by atoms with E-state index in [1.807, 2.05) is 0 Å². The Morgan fingerprint density at radius 2 is 1.92 bits per heavy atom. The first-order valence-electron chi connectivity index (χ1n) is 7.20. The molecule has 0 aromatic heterocycles. The number of benzene rings is 2. The van der Waals surface area contributed by atoms with Crippen LogP contribution in [0.4, 0.5) is 11.4 Å². The fourth-order valence-electron chi connectivity index (χ4n) is 2.16. The molecular formula is C17H14Cl2N2O5. The third-order valence-corrected chi connectivity index (χ3v) is 3.81. The van der Waals surface area contributed by atoms with Gasteiger partial charge in [0.25, 0.3) is 5.69 Å². The number of amides is 1. The molecule has 0 aliphatic carbocycles. The largest absolute Gasteiger partial charge is 0.495 e. The number of anilines is 1. The van der Waals surface area contributed by atoms with Gasteiger partial charge >= 0.3 is 0 Å². The summed E-state index contributed by atoms with van der Waals surface area (Å²) in [5, 5.41) is 14.1. The maximum Gasteiger partial charge on any atom is 0.273 e. The van der Waals surface area contributed by atoms with E-state index in [9.17, 15) is 14.9 Å². The Hall–Kier alpha value is -2.77. The van der Waals surface area contributed by atoms with E-state index in [4.69, 9.17) is 32.7 Å². The van der Waals surface area contributed by atoms with Gasteiger partial charge in [0, 0.05) is 22.7 Å². The number of nitro benzene ring substituents is 1. The molecule has 136 valence electrons. The van der Waals surface area contributed by atoms with Crippen LogP contribution in [0.5, 0.6) is 11.5 Å². The average Bonchev–Trinajstić information content (AvgIpc) is 2.59. The number of nitrogens with zero attached hydrogens (tertiary/aromatic N) is 1. The second-order valence-electron chi connectivity index (χ2n) is 4.97. The highest BCUT2D eigenvalue weighted by Gasteiger charge is 2.13. The van der Waals surface area contributed by atoms with Crippen LogP contribution >= 0.6 is 23.2 Å². The molecule has 2 rings (SSSR count). The molecule has 0 aliphatic rings. The van der Waals surface area contributed by atoms with Gasteiger partial charge in [0.15, 0.2) is 0 Å². The van der Waals surface area contributed by atoms with Crippen molar-refractivity contribution in [2.24, 2.45) is 0 Å². The van der Waals surface area contributed by atoms with Crippen molar-refractivity contribution in [2.45, 2.75) is 0 Å². The van der Waals surface area contributed by atoms with E-state index in [-0.39, 0.29) is 11.4 Å². The van der Waals surface area contributed by atoms with Gasteiger partial charge in [-0.25, -0.2) is 0 Å². The van der Waals surface area contributed by atoms with E-state index in [1.54, 1.807) is 6.07 Å². The van der Waals surface area contributed by atoms with Crippen LogP contribution in [-0.4, -0.2) is 25.1 Å². The molecule has 0 radical (unpaired) electrons. The lowest BCUT2D eigenvalue weighted by Gasteiger charge is -2.09. The number of non-ortho nitro benzene ring substituents is 1. The second kappa shape index (κ2) is 8.55. The number of rotatable bonds is 6. The van der Waals surface area contributed by atoms with Crippen molar-refractivity contribution in [3.05, 3.63) is 62.1 Å². The predicted octanol–water partition coefficient (Wildman–Crippen LogP) is 4.57. The molecule has 2 aromatic rings. The van der Waals surface area contributed by atoms with Crippen molar-refractivity contribution in [1.29, 1.82) is 0 Å². The van der Waals surface area contributed by atoms with Crippen LogP contribution in [0.1, 0.15) is 5.56 Å². The van der Waals surface area contributed by atoms with E-state index in [0.717, 1.165) is 0 Å². The third-order valence-electron chi connectivity index (χ3n) is 3.31. The number of hydrogen-bond donors (Lipinski definition) is 1. The molecule has 26 heavy (non-hydrogen) atoms. The first-order valence-corrected chi connectivity index (χ1v) is 7.95.